The number of hydrogen-bond acceptors (Lipinski definition) is 3. The van der Waals surface area contributed by atoms with Crippen LogP contribution in [0.3, 0.4) is 0 Å². The van der Waals surface area contributed by atoms with Gasteiger partial charge in [0.15, 0.2) is 0 Å². The Hall–Kier alpha value is -0.810. The molecule has 98 valence electrons. The summed E-state index contributed by atoms with van der Waals surface area (Å²) in [5.41, 5.74) is 0. The highest BCUT2D eigenvalue weighted by atomic mass is 35.5. The van der Waals surface area contributed by atoms with Gasteiger partial charge in [-0.25, -0.2) is 0 Å². The fourth-order valence-corrected chi connectivity index (χ4v) is 2.28. The average Bonchev–Trinajstić information content (AvgIpc) is 2.61. The molecule has 0 radical (unpaired) electrons. The number of likely N-dealkylation sites (tertiary alicyclic amines) is 1. The van der Waals surface area contributed by atoms with Gasteiger partial charge < -0.3 is 15.1 Å². The third-order valence-corrected chi connectivity index (χ3v) is 3.39. The van der Waals surface area contributed by atoms with Gasteiger partial charge in [0.2, 0.25) is 11.8 Å². The zero-order chi connectivity index (χ0) is 11.7. The van der Waals surface area contributed by atoms with E-state index in [-0.39, 0.29) is 36.2 Å². The minimum atomic E-state index is -0.219. The van der Waals surface area contributed by atoms with Gasteiger partial charge in [-0.05, 0) is 12.8 Å². The molecule has 5 nitrogen and oxygen atoms in total. The van der Waals surface area contributed by atoms with E-state index in [9.17, 15) is 9.59 Å². The molecule has 0 aromatic heterocycles. The summed E-state index contributed by atoms with van der Waals surface area (Å²) >= 11 is 0. The van der Waals surface area contributed by atoms with E-state index in [0.29, 0.717) is 0 Å². The van der Waals surface area contributed by atoms with Crippen molar-refractivity contribution in [2.24, 2.45) is 5.92 Å². The highest BCUT2D eigenvalue weighted by Crippen LogP contribution is 2.22. The second-order valence-corrected chi connectivity index (χ2v) is 4.78. The molecule has 2 fully saturated rings. The number of carbonyl (C=O) groups excluding carboxylic acids is 2. The van der Waals surface area contributed by atoms with Crippen molar-refractivity contribution in [3.63, 3.8) is 0 Å². The summed E-state index contributed by atoms with van der Waals surface area (Å²) in [7, 11) is 3.49. The van der Waals surface area contributed by atoms with Crippen molar-refractivity contribution in [1.29, 1.82) is 0 Å². The van der Waals surface area contributed by atoms with Gasteiger partial charge in [-0.3, -0.25) is 9.59 Å². The van der Waals surface area contributed by atoms with Gasteiger partial charge in [0.1, 0.15) is 6.04 Å². The van der Waals surface area contributed by atoms with Gasteiger partial charge in [0, 0.05) is 33.7 Å². The van der Waals surface area contributed by atoms with E-state index in [1.165, 1.54) is 0 Å². The molecule has 2 heterocycles. The normalized spacial score (nSPS) is 23.9. The van der Waals surface area contributed by atoms with Crippen LogP contribution in [0.2, 0.25) is 0 Å². The minimum absolute atomic E-state index is 0. The second-order valence-electron chi connectivity index (χ2n) is 4.78. The maximum absolute atomic E-state index is 12.1. The number of hydrogen-bond donors (Lipinski definition) is 1. The quantitative estimate of drug-likeness (QED) is 0.743. The average molecular weight is 262 g/mol. The standard InChI is InChI=1S/C11H19N3O2.ClH/c1-13(2)11(16)9-4-3-5-14(9)10(15)8-6-12-7-8;/h8-9,12H,3-7H2,1-2H3;1H. The predicted molar refractivity (Wildman–Crippen MR) is 67.0 cm³/mol. The maximum atomic E-state index is 12.1. The smallest absolute Gasteiger partial charge is 0.244 e. The Morgan fingerprint density at radius 2 is 1.94 bits per heavy atom. The van der Waals surface area contributed by atoms with E-state index < -0.39 is 0 Å². The molecule has 0 saturated carbocycles. The molecule has 2 aliphatic heterocycles. The Morgan fingerprint density at radius 1 is 1.29 bits per heavy atom. The summed E-state index contributed by atoms with van der Waals surface area (Å²) in [4.78, 5) is 27.3. The van der Waals surface area contributed by atoms with Crippen LogP contribution in [-0.2, 0) is 9.59 Å². The number of carbonyl (C=O) groups is 2. The van der Waals surface area contributed by atoms with Crippen molar-refractivity contribution in [2.45, 2.75) is 18.9 Å². The lowest BCUT2D eigenvalue weighted by Gasteiger charge is -2.33. The summed E-state index contributed by atoms with van der Waals surface area (Å²) in [6.45, 7) is 2.26. The number of amides is 2. The van der Waals surface area contributed by atoms with Crippen LogP contribution in [0.25, 0.3) is 0 Å². The minimum Gasteiger partial charge on any atom is -0.347 e. The van der Waals surface area contributed by atoms with Crippen LogP contribution in [-0.4, -0.2) is 61.4 Å². The lowest BCUT2D eigenvalue weighted by Crippen LogP contribution is -2.55. The number of likely N-dealkylation sites (N-methyl/N-ethyl adjacent to an activating group) is 1. The maximum Gasteiger partial charge on any atom is 0.244 e. The molecule has 0 spiro atoms. The zero-order valence-electron chi connectivity index (χ0n) is 10.3. The van der Waals surface area contributed by atoms with Crippen LogP contribution in [0, 0.1) is 5.92 Å². The van der Waals surface area contributed by atoms with Gasteiger partial charge >= 0.3 is 0 Å². The largest absolute Gasteiger partial charge is 0.347 e. The SMILES string of the molecule is CN(C)C(=O)C1CCCN1C(=O)C1CNC1.Cl. The molecule has 1 N–H and O–H groups in total. The third-order valence-electron chi connectivity index (χ3n) is 3.39. The Morgan fingerprint density at radius 3 is 2.41 bits per heavy atom. The van der Waals surface area contributed by atoms with Crippen molar-refractivity contribution in [3.05, 3.63) is 0 Å². The Balaban J connectivity index is 0.00000144. The summed E-state index contributed by atoms with van der Waals surface area (Å²) in [6, 6.07) is -0.219. The van der Waals surface area contributed by atoms with Crippen LogP contribution in [0.4, 0.5) is 0 Å². The van der Waals surface area contributed by atoms with E-state index >= 15 is 0 Å². The van der Waals surface area contributed by atoms with E-state index in [1.807, 2.05) is 0 Å². The first-order chi connectivity index (χ1) is 7.61. The highest BCUT2D eigenvalue weighted by molar-refractivity contribution is 5.89. The predicted octanol–water partition coefficient (Wildman–Crippen LogP) is -0.293. The number of halogens is 1. The summed E-state index contributed by atoms with van der Waals surface area (Å²) in [5, 5.41) is 3.09. The van der Waals surface area contributed by atoms with Gasteiger partial charge in [-0.2, -0.15) is 0 Å². The molecule has 1 unspecified atom stereocenters. The first-order valence-corrected chi connectivity index (χ1v) is 5.83. The Bertz CT molecular complexity index is 305. The molecule has 0 bridgehead atoms. The number of nitrogens with one attached hydrogen (secondary N) is 1. The molecule has 1 atom stereocenters. The molecule has 2 rings (SSSR count). The molecule has 2 amide bonds. The first-order valence-electron chi connectivity index (χ1n) is 5.83. The first kappa shape index (κ1) is 14.3. The van der Waals surface area contributed by atoms with Crippen LogP contribution < -0.4 is 5.32 Å². The van der Waals surface area contributed by atoms with Crippen LogP contribution >= 0.6 is 12.4 Å². The van der Waals surface area contributed by atoms with Gasteiger partial charge in [0.25, 0.3) is 0 Å². The van der Waals surface area contributed by atoms with Gasteiger partial charge in [-0.1, -0.05) is 0 Å². The van der Waals surface area contributed by atoms with Crippen LogP contribution in [0.15, 0.2) is 0 Å². The van der Waals surface area contributed by atoms with Crippen molar-refractivity contribution in [2.75, 3.05) is 33.7 Å². The zero-order valence-corrected chi connectivity index (χ0v) is 11.1. The van der Waals surface area contributed by atoms with Gasteiger partial charge in [0.05, 0.1) is 5.92 Å². The molecule has 0 aromatic carbocycles. The van der Waals surface area contributed by atoms with E-state index in [1.54, 1.807) is 23.9 Å². The molecule has 6 heteroatoms. The molecular weight excluding hydrogens is 242 g/mol. The van der Waals surface area contributed by atoms with E-state index in [4.69, 9.17) is 0 Å². The third kappa shape index (κ3) is 2.72. The van der Waals surface area contributed by atoms with Crippen molar-refractivity contribution >= 4 is 24.2 Å². The lowest BCUT2D eigenvalue weighted by molar-refractivity contribution is -0.145. The fourth-order valence-electron chi connectivity index (χ4n) is 2.28. The lowest BCUT2D eigenvalue weighted by atomic mass is 10.0. The summed E-state index contributed by atoms with van der Waals surface area (Å²) < 4.78 is 0. The summed E-state index contributed by atoms with van der Waals surface area (Å²) in [5.74, 6) is 0.296. The molecule has 2 saturated heterocycles. The van der Waals surface area contributed by atoms with Gasteiger partial charge in [-0.15, -0.1) is 12.4 Å². The second kappa shape index (κ2) is 5.69. The van der Waals surface area contributed by atoms with Crippen molar-refractivity contribution < 1.29 is 9.59 Å². The van der Waals surface area contributed by atoms with E-state index in [2.05, 4.69) is 5.32 Å². The van der Waals surface area contributed by atoms with Crippen LogP contribution in [0.5, 0.6) is 0 Å². The molecule has 17 heavy (non-hydrogen) atoms. The fraction of sp³-hybridized carbons (Fsp3) is 0.818. The molecule has 2 aliphatic rings. The topological polar surface area (TPSA) is 52.7 Å². The molecular formula is C11H20ClN3O2. The van der Waals surface area contributed by atoms with Crippen LogP contribution in [0.1, 0.15) is 12.8 Å². The molecule has 0 aromatic rings. The van der Waals surface area contributed by atoms with Crippen molar-refractivity contribution in [1.82, 2.24) is 15.1 Å². The summed E-state index contributed by atoms with van der Waals surface area (Å²) in [6.07, 6.45) is 1.75. The van der Waals surface area contributed by atoms with Crippen molar-refractivity contribution in [3.8, 4) is 0 Å². The highest BCUT2D eigenvalue weighted by Gasteiger charge is 2.39. The Kier molecular flexibility index (Phi) is 4.77. The number of nitrogens with zero attached hydrogens (tertiary/aromatic N) is 2. The molecule has 0 aliphatic carbocycles. The number of rotatable bonds is 2. The van der Waals surface area contributed by atoms with E-state index in [0.717, 1.165) is 32.5 Å². The monoisotopic (exact) mass is 261 g/mol. The Labute approximate surface area is 108 Å².